The number of hydrogen-bond acceptors (Lipinski definition) is 6. The van der Waals surface area contributed by atoms with Crippen molar-refractivity contribution in [1.82, 2.24) is 4.90 Å². The molecule has 3 aromatic carbocycles. The average Bonchev–Trinajstić information content (AvgIpc) is 3.13. The summed E-state index contributed by atoms with van der Waals surface area (Å²) in [5, 5.41) is 2.79. The maximum Gasteiger partial charge on any atom is 0.294 e. The molecule has 0 aliphatic carbocycles. The van der Waals surface area contributed by atoms with Gasteiger partial charge in [0.05, 0.1) is 16.0 Å². The number of halogens is 2. The van der Waals surface area contributed by atoms with Gasteiger partial charge in [-0.1, -0.05) is 47.5 Å². The van der Waals surface area contributed by atoms with Gasteiger partial charge in [-0.3, -0.25) is 19.3 Å². The molecule has 0 spiro atoms. The van der Waals surface area contributed by atoms with Crippen molar-refractivity contribution in [2.45, 2.75) is 20.5 Å². The van der Waals surface area contributed by atoms with Gasteiger partial charge in [-0.05, 0) is 83.5 Å². The van der Waals surface area contributed by atoms with E-state index in [2.05, 4.69) is 21.2 Å². The molecule has 0 aromatic heterocycles. The summed E-state index contributed by atoms with van der Waals surface area (Å²) in [6, 6.07) is 18.1. The van der Waals surface area contributed by atoms with Crippen molar-refractivity contribution in [3.63, 3.8) is 0 Å². The fourth-order valence-corrected chi connectivity index (χ4v) is 5.21. The highest BCUT2D eigenvalue weighted by molar-refractivity contribution is 9.10. The van der Waals surface area contributed by atoms with Gasteiger partial charge in [0.25, 0.3) is 11.1 Å². The Kier molecular flexibility index (Phi) is 9.14. The number of anilines is 1. The number of rotatable bonds is 9. The van der Waals surface area contributed by atoms with Gasteiger partial charge in [0.1, 0.15) is 13.2 Å². The Morgan fingerprint density at radius 3 is 2.55 bits per heavy atom. The van der Waals surface area contributed by atoms with Crippen LogP contribution in [0.25, 0.3) is 6.08 Å². The molecule has 1 saturated heterocycles. The number of ether oxygens (including phenoxy) is 2. The minimum atomic E-state index is -0.535. The van der Waals surface area contributed by atoms with Crippen molar-refractivity contribution in [2.75, 3.05) is 18.5 Å². The van der Waals surface area contributed by atoms with Gasteiger partial charge in [-0.2, -0.15) is 0 Å². The fourth-order valence-electron chi connectivity index (χ4n) is 3.61. The minimum absolute atomic E-state index is 0.206. The molecular formula is C28H24BrClN2O5S. The summed E-state index contributed by atoms with van der Waals surface area (Å²) in [5.41, 5.74) is 3.10. The van der Waals surface area contributed by atoms with Crippen molar-refractivity contribution >= 4 is 68.1 Å². The lowest BCUT2D eigenvalue weighted by molar-refractivity contribution is -0.127. The van der Waals surface area contributed by atoms with E-state index in [1.807, 2.05) is 44.2 Å². The van der Waals surface area contributed by atoms with Gasteiger partial charge in [-0.25, -0.2) is 0 Å². The summed E-state index contributed by atoms with van der Waals surface area (Å²) in [6.07, 6.45) is 1.59. The molecule has 3 aromatic rings. The number of carbonyl (C=O) groups excluding carboxylic acids is 3. The van der Waals surface area contributed by atoms with Crippen molar-refractivity contribution in [2.24, 2.45) is 0 Å². The third-order valence-electron chi connectivity index (χ3n) is 5.47. The highest BCUT2D eigenvalue weighted by Crippen LogP contribution is 2.40. The lowest BCUT2D eigenvalue weighted by Gasteiger charge is -2.15. The molecule has 3 amide bonds. The number of amides is 3. The van der Waals surface area contributed by atoms with E-state index in [-0.39, 0.29) is 18.1 Å². The molecule has 10 heteroatoms. The molecule has 1 aliphatic rings. The number of imide groups is 1. The lowest BCUT2D eigenvalue weighted by Crippen LogP contribution is -2.36. The Balaban J connectivity index is 1.49. The Labute approximate surface area is 238 Å². The van der Waals surface area contributed by atoms with E-state index in [4.69, 9.17) is 21.1 Å². The predicted molar refractivity (Wildman–Crippen MR) is 154 cm³/mol. The van der Waals surface area contributed by atoms with Crippen molar-refractivity contribution in [1.29, 1.82) is 0 Å². The number of aryl methyl sites for hydroxylation is 1. The normalized spacial score (nSPS) is 14.2. The maximum absolute atomic E-state index is 13.0. The molecule has 1 N–H and O–H groups in total. The highest BCUT2D eigenvalue weighted by Gasteiger charge is 2.36. The molecule has 4 rings (SSSR count). The van der Waals surface area contributed by atoms with Gasteiger partial charge < -0.3 is 14.8 Å². The molecule has 7 nitrogen and oxygen atoms in total. The van der Waals surface area contributed by atoms with Crippen LogP contribution in [0.3, 0.4) is 0 Å². The van der Waals surface area contributed by atoms with Crippen LogP contribution in [-0.4, -0.2) is 35.1 Å². The summed E-state index contributed by atoms with van der Waals surface area (Å²) < 4.78 is 12.4. The maximum atomic E-state index is 13.0. The Bertz CT molecular complexity index is 1410. The van der Waals surface area contributed by atoms with Crippen molar-refractivity contribution in [3.05, 3.63) is 91.8 Å². The largest absolute Gasteiger partial charge is 0.490 e. The Hall–Kier alpha value is -3.27. The molecule has 1 heterocycles. The molecule has 1 fully saturated rings. The number of hydrogen-bond donors (Lipinski definition) is 1. The zero-order chi connectivity index (χ0) is 27.2. The van der Waals surface area contributed by atoms with Gasteiger partial charge >= 0.3 is 0 Å². The summed E-state index contributed by atoms with van der Waals surface area (Å²) in [7, 11) is 0. The molecule has 0 saturated carbocycles. The van der Waals surface area contributed by atoms with E-state index in [1.165, 1.54) is 0 Å². The zero-order valence-corrected chi connectivity index (χ0v) is 23.8. The minimum Gasteiger partial charge on any atom is -0.490 e. The standard InChI is InChI=1S/C28H24BrClN2O5S/c1-3-36-23-13-18(12-21(29)26(23)37-16-19-6-4-5-7-22(19)30)14-24-27(34)32(28(35)38-24)15-25(33)31-20-10-8-17(2)9-11-20/h4-14H,3,15-16H2,1-2H3,(H,31,33)/b24-14+. The fraction of sp³-hybridized carbons (Fsp3) is 0.179. The monoisotopic (exact) mass is 614 g/mol. The topological polar surface area (TPSA) is 84.9 Å². The van der Waals surface area contributed by atoms with E-state index in [1.54, 1.807) is 36.4 Å². The average molecular weight is 616 g/mol. The molecule has 38 heavy (non-hydrogen) atoms. The Morgan fingerprint density at radius 1 is 1.11 bits per heavy atom. The van der Waals surface area contributed by atoms with Crippen LogP contribution in [-0.2, 0) is 16.2 Å². The van der Waals surface area contributed by atoms with Crippen LogP contribution in [0.15, 0.2) is 70.0 Å². The van der Waals surface area contributed by atoms with Crippen molar-refractivity contribution < 1.29 is 23.9 Å². The first-order chi connectivity index (χ1) is 18.2. The summed E-state index contributed by atoms with van der Waals surface area (Å²) in [4.78, 5) is 39.1. The van der Waals surface area contributed by atoms with Crippen LogP contribution in [0, 0.1) is 6.92 Å². The number of thioether (sulfide) groups is 1. The van der Waals surface area contributed by atoms with Crippen molar-refractivity contribution in [3.8, 4) is 11.5 Å². The molecular weight excluding hydrogens is 592 g/mol. The number of nitrogens with zero attached hydrogens (tertiary/aromatic N) is 1. The van der Waals surface area contributed by atoms with E-state index in [9.17, 15) is 14.4 Å². The second-order valence-electron chi connectivity index (χ2n) is 8.33. The van der Waals surface area contributed by atoms with Gasteiger partial charge in [-0.15, -0.1) is 0 Å². The van der Waals surface area contributed by atoms with Crippen LogP contribution in [0.4, 0.5) is 10.5 Å². The summed E-state index contributed by atoms with van der Waals surface area (Å²) in [5.74, 6) is -0.0346. The second kappa shape index (κ2) is 12.5. The van der Waals surface area contributed by atoms with E-state index in [0.29, 0.717) is 38.9 Å². The lowest BCUT2D eigenvalue weighted by atomic mass is 10.1. The van der Waals surface area contributed by atoms with Crippen LogP contribution in [0.1, 0.15) is 23.6 Å². The SMILES string of the molecule is CCOc1cc(/C=C2/SC(=O)N(CC(=O)Nc3ccc(C)cc3)C2=O)cc(Br)c1OCc1ccccc1Cl. The highest BCUT2D eigenvalue weighted by atomic mass is 79.9. The molecule has 0 unspecified atom stereocenters. The van der Waals surface area contributed by atoms with Crippen LogP contribution in [0.2, 0.25) is 5.02 Å². The van der Waals surface area contributed by atoms with Gasteiger partial charge in [0.2, 0.25) is 5.91 Å². The molecule has 0 atom stereocenters. The Morgan fingerprint density at radius 2 is 1.84 bits per heavy atom. The summed E-state index contributed by atoms with van der Waals surface area (Å²) in [6.45, 7) is 4.05. The first-order valence-electron chi connectivity index (χ1n) is 11.7. The predicted octanol–water partition coefficient (Wildman–Crippen LogP) is 7.06. The molecule has 0 bridgehead atoms. The molecule has 1 aliphatic heterocycles. The first kappa shape index (κ1) is 27.8. The van der Waals surface area contributed by atoms with Gasteiger partial charge in [0.15, 0.2) is 11.5 Å². The van der Waals surface area contributed by atoms with Gasteiger partial charge in [0, 0.05) is 16.3 Å². The third-order valence-corrected chi connectivity index (χ3v) is 7.34. The zero-order valence-electron chi connectivity index (χ0n) is 20.6. The van der Waals surface area contributed by atoms with E-state index >= 15 is 0 Å². The first-order valence-corrected chi connectivity index (χ1v) is 13.7. The number of benzene rings is 3. The summed E-state index contributed by atoms with van der Waals surface area (Å²) >= 11 is 10.6. The van der Waals surface area contributed by atoms with Crippen LogP contribution >= 0.6 is 39.3 Å². The quantitative estimate of drug-likeness (QED) is 0.259. The molecule has 196 valence electrons. The number of nitrogens with one attached hydrogen (secondary N) is 1. The third kappa shape index (κ3) is 6.78. The van der Waals surface area contributed by atoms with E-state index in [0.717, 1.165) is 27.8 Å². The number of carbonyl (C=O) groups is 3. The smallest absolute Gasteiger partial charge is 0.294 e. The van der Waals surface area contributed by atoms with Crippen LogP contribution in [0.5, 0.6) is 11.5 Å². The molecule has 0 radical (unpaired) electrons. The van der Waals surface area contributed by atoms with E-state index < -0.39 is 17.1 Å². The second-order valence-corrected chi connectivity index (χ2v) is 10.6. The van der Waals surface area contributed by atoms with Crippen LogP contribution < -0.4 is 14.8 Å².